The number of likely N-dealkylation sites (N-methyl/N-ethyl adjacent to an activating group) is 1. The van der Waals surface area contributed by atoms with Crippen molar-refractivity contribution < 1.29 is 81.1 Å². The normalized spacial score (nSPS) is 9.54. The minimum atomic E-state index is -0.626. The Hall–Kier alpha value is -7.03. The molecule has 2 aromatic rings. The van der Waals surface area contributed by atoms with Gasteiger partial charge in [-0.25, -0.2) is 9.59 Å². The van der Waals surface area contributed by atoms with E-state index in [2.05, 4.69) is 70.5 Å². The Morgan fingerprint density at radius 1 is 0.540 bits per heavy atom. The molecule has 1 heterocycles. The van der Waals surface area contributed by atoms with Gasteiger partial charge in [-0.2, -0.15) is 15.0 Å². The fraction of sp³-hybridized carbons (Fsp3) is 0.486. The second kappa shape index (κ2) is 35.7. The Balaban J connectivity index is 0. The summed E-state index contributed by atoms with van der Waals surface area (Å²) in [4.78, 5) is 122. The largest absolute Gasteiger partial charge is 0.457 e. The highest BCUT2D eigenvalue weighted by molar-refractivity contribution is 6.04. The van der Waals surface area contributed by atoms with Crippen molar-refractivity contribution in [3.8, 4) is 0 Å². The number of benzene rings is 1. The highest BCUT2D eigenvalue weighted by Gasteiger charge is 2.15. The third-order valence-electron chi connectivity index (χ3n) is 6.12. The quantitative estimate of drug-likeness (QED) is 0.0361. The van der Waals surface area contributed by atoms with Crippen LogP contribution in [0.25, 0.3) is 0 Å². The van der Waals surface area contributed by atoms with Crippen LogP contribution in [0.15, 0.2) is 24.3 Å². The van der Waals surface area contributed by atoms with Crippen molar-refractivity contribution in [1.29, 1.82) is 0 Å². The van der Waals surface area contributed by atoms with Crippen molar-refractivity contribution in [2.45, 2.75) is 40.0 Å². The van der Waals surface area contributed by atoms with Crippen LogP contribution in [-0.4, -0.2) is 157 Å². The first kappa shape index (κ1) is 58.1. The molecule has 0 unspecified atom stereocenters. The van der Waals surface area contributed by atoms with E-state index < -0.39 is 48.0 Å². The molecule has 0 fully saturated rings. The van der Waals surface area contributed by atoms with Crippen molar-refractivity contribution in [3.05, 3.63) is 35.4 Å². The SMILES string of the molecule is CCNC(=O)CC(=O)OCOC.CNC(=O)CC(=O)Nc1nc(NC)nc(NC(=O)CC(C)=O)n1.CNCC(=O)OCC(C)=O.COCOC(=O)c1ccc(C(=O)OCOC)cc1. The van der Waals surface area contributed by atoms with E-state index in [1.54, 1.807) is 14.0 Å². The van der Waals surface area contributed by atoms with Crippen molar-refractivity contribution in [3.63, 3.8) is 0 Å². The van der Waals surface area contributed by atoms with Gasteiger partial charge in [0.25, 0.3) is 0 Å². The first-order valence-electron chi connectivity index (χ1n) is 18.3. The van der Waals surface area contributed by atoms with E-state index in [0.717, 1.165) is 0 Å². The van der Waals surface area contributed by atoms with Crippen LogP contribution in [-0.2, 0) is 71.5 Å². The summed E-state index contributed by atoms with van der Waals surface area (Å²) in [6.07, 6.45) is -0.973. The number of Topliss-reactive ketones (excluding diaryl/α,β-unsaturated/α-hetero) is 2. The predicted molar refractivity (Wildman–Crippen MR) is 218 cm³/mol. The Morgan fingerprint density at radius 3 is 1.40 bits per heavy atom. The zero-order chi connectivity index (χ0) is 48.2. The molecule has 350 valence electrons. The summed E-state index contributed by atoms with van der Waals surface area (Å²) in [5.41, 5.74) is 0.658. The molecule has 1 aromatic heterocycles. The molecular formula is C37H55N9O17. The van der Waals surface area contributed by atoms with E-state index in [4.69, 9.17) is 9.47 Å². The molecule has 0 saturated carbocycles. The lowest BCUT2D eigenvalue weighted by Crippen LogP contribution is -2.26. The number of nitrogens with zero attached hydrogens (tertiary/aromatic N) is 3. The number of anilines is 3. The van der Waals surface area contributed by atoms with Crippen molar-refractivity contribution in [2.24, 2.45) is 0 Å². The number of carbonyl (C=O) groups excluding carboxylic acids is 10. The summed E-state index contributed by atoms with van der Waals surface area (Å²) in [5, 5.41) is 14.7. The van der Waals surface area contributed by atoms with E-state index in [1.165, 1.54) is 73.5 Å². The second-order valence-electron chi connectivity index (χ2n) is 11.6. The Labute approximate surface area is 362 Å². The molecule has 0 aliphatic carbocycles. The maximum Gasteiger partial charge on any atom is 0.340 e. The van der Waals surface area contributed by atoms with Gasteiger partial charge in [-0.05, 0) is 52.1 Å². The molecule has 26 heteroatoms. The molecule has 2 rings (SSSR count). The maximum absolute atomic E-state index is 11.6. The van der Waals surface area contributed by atoms with Gasteiger partial charge in [0, 0.05) is 42.0 Å². The Kier molecular flexibility index (Phi) is 32.9. The van der Waals surface area contributed by atoms with E-state index in [0.29, 0.717) is 17.7 Å². The number of carbonyl (C=O) groups is 10. The summed E-state index contributed by atoms with van der Waals surface area (Å²) >= 11 is 0. The number of aromatic nitrogens is 3. The molecule has 0 atom stereocenters. The minimum Gasteiger partial charge on any atom is -0.457 e. The Morgan fingerprint density at radius 2 is 1.00 bits per heavy atom. The van der Waals surface area contributed by atoms with Gasteiger partial charge in [0.2, 0.25) is 41.5 Å². The third kappa shape index (κ3) is 31.5. The summed E-state index contributed by atoms with van der Waals surface area (Å²) in [5.74, 6) is -4.70. The second-order valence-corrected chi connectivity index (χ2v) is 11.6. The first-order valence-corrected chi connectivity index (χ1v) is 18.3. The lowest BCUT2D eigenvalue weighted by Gasteiger charge is -2.08. The van der Waals surface area contributed by atoms with Gasteiger partial charge >= 0.3 is 23.9 Å². The van der Waals surface area contributed by atoms with Crippen LogP contribution in [0, 0.1) is 0 Å². The molecule has 1 aromatic carbocycles. The predicted octanol–water partition coefficient (Wildman–Crippen LogP) is -0.889. The molecule has 6 N–H and O–H groups in total. The highest BCUT2D eigenvalue weighted by Crippen LogP contribution is 2.10. The molecule has 0 saturated heterocycles. The summed E-state index contributed by atoms with van der Waals surface area (Å²) in [6.45, 7) is 4.61. The average molecular weight is 898 g/mol. The standard InChI is InChI=1S/C12H17N7O4.C12H14O6.C7H13NO4.C6H11NO3/c1-6(20)4-8(22)15-11-17-10(14-3)18-12(19-11)16-9(23)5-7(21)13-2;1-15-7-17-11(13)9-3-5-10(6-4-9)12(14)18-8-16-2;1-3-8-6(9)4-7(10)12-5-11-2;1-5(8)4-10-6(9)3-7-2/h4-5H2,1-3H3,(H,13,21)(H3,14,15,16,17,18,19,22,23);3-6H,7-8H2,1-2H3;3-5H2,1-2H3,(H,8,9);7H,3-4H2,1-2H3. The molecular weight excluding hydrogens is 842 g/mol. The van der Waals surface area contributed by atoms with E-state index in [9.17, 15) is 47.9 Å². The summed E-state index contributed by atoms with van der Waals surface area (Å²) < 4.78 is 32.2. The average Bonchev–Trinajstić information content (AvgIpc) is 3.23. The van der Waals surface area contributed by atoms with Gasteiger partial charge in [0.15, 0.2) is 26.2 Å². The van der Waals surface area contributed by atoms with Crippen LogP contribution in [0.4, 0.5) is 17.8 Å². The van der Waals surface area contributed by atoms with E-state index in [1.807, 2.05) is 0 Å². The van der Waals surface area contributed by atoms with Crippen LogP contribution in [0.1, 0.15) is 60.7 Å². The molecule has 0 aliphatic rings. The lowest BCUT2D eigenvalue weighted by molar-refractivity contribution is -0.156. The van der Waals surface area contributed by atoms with Crippen LogP contribution in [0.3, 0.4) is 0 Å². The van der Waals surface area contributed by atoms with Gasteiger partial charge in [-0.15, -0.1) is 0 Å². The molecule has 0 bridgehead atoms. The number of methoxy groups -OCH3 is 3. The first-order chi connectivity index (χ1) is 29.9. The van der Waals surface area contributed by atoms with Crippen LogP contribution in [0.5, 0.6) is 0 Å². The van der Waals surface area contributed by atoms with Crippen molar-refractivity contribution >= 4 is 76.9 Å². The number of hydrogen-bond acceptors (Lipinski definition) is 22. The number of nitrogens with one attached hydrogen (secondary N) is 6. The van der Waals surface area contributed by atoms with E-state index in [-0.39, 0.29) is 81.7 Å². The summed E-state index contributed by atoms with van der Waals surface area (Å²) in [6, 6.07) is 5.89. The smallest absolute Gasteiger partial charge is 0.340 e. The van der Waals surface area contributed by atoms with Gasteiger partial charge in [-0.3, -0.25) is 49.0 Å². The van der Waals surface area contributed by atoms with Crippen LogP contribution < -0.4 is 31.9 Å². The summed E-state index contributed by atoms with van der Waals surface area (Å²) in [7, 11) is 8.81. The van der Waals surface area contributed by atoms with Gasteiger partial charge in [-0.1, -0.05) is 0 Å². The van der Waals surface area contributed by atoms with Crippen molar-refractivity contribution in [1.82, 2.24) is 30.9 Å². The highest BCUT2D eigenvalue weighted by atomic mass is 16.7. The molecule has 26 nitrogen and oxygen atoms in total. The zero-order valence-electron chi connectivity index (χ0n) is 36.5. The maximum atomic E-state index is 11.6. The van der Waals surface area contributed by atoms with E-state index >= 15 is 0 Å². The van der Waals surface area contributed by atoms with Gasteiger partial charge in [0.1, 0.15) is 25.2 Å². The fourth-order valence-electron chi connectivity index (χ4n) is 3.48. The third-order valence-corrected chi connectivity index (χ3v) is 6.12. The Bertz CT molecular complexity index is 1760. The van der Waals surface area contributed by atoms with Gasteiger partial charge < -0.3 is 54.4 Å². The topological polar surface area (TPSA) is 346 Å². The molecule has 63 heavy (non-hydrogen) atoms. The van der Waals surface area contributed by atoms with Crippen molar-refractivity contribution in [2.75, 3.05) is 98.5 Å². The number of ether oxygens (including phenoxy) is 7. The number of amides is 4. The number of esters is 4. The van der Waals surface area contributed by atoms with Crippen LogP contribution in [0.2, 0.25) is 0 Å². The number of hydrogen-bond donors (Lipinski definition) is 6. The molecule has 0 aliphatic heterocycles. The number of ketones is 2. The number of rotatable bonds is 22. The minimum absolute atomic E-state index is 0.0911. The monoisotopic (exact) mass is 897 g/mol. The van der Waals surface area contributed by atoms with Gasteiger partial charge in [0.05, 0.1) is 24.1 Å². The lowest BCUT2D eigenvalue weighted by atomic mass is 10.1. The molecule has 4 amide bonds. The molecule has 0 spiro atoms. The zero-order valence-corrected chi connectivity index (χ0v) is 36.5. The van der Waals surface area contributed by atoms with Crippen LogP contribution >= 0.6 is 0 Å². The molecule has 0 radical (unpaired) electrons. The fourth-order valence-corrected chi connectivity index (χ4v) is 3.48.